The van der Waals surface area contributed by atoms with Crippen molar-refractivity contribution in [1.82, 2.24) is 10.2 Å². The second-order valence-electron chi connectivity index (χ2n) is 5.49. The third kappa shape index (κ3) is 3.82. The fraction of sp³-hybridized carbons (Fsp3) is 0.625. The van der Waals surface area contributed by atoms with Crippen molar-refractivity contribution < 1.29 is 0 Å². The second kappa shape index (κ2) is 6.91. The summed E-state index contributed by atoms with van der Waals surface area (Å²) >= 11 is 0. The molecular weight excluding hydrogens is 220 g/mol. The van der Waals surface area contributed by atoms with Crippen molar-refractivity contribution in [2.24, 2.45) is 0 Å². The molecule has 1 fully saturated rings. The minimum atomic E-state index is 0.830. The standard InChI is InChI=1S/C16H26N2/c1-3-11-17-12-14-7-9-15(10-8-14)13-18(2)16-5-4-6-16/h7-10,16-17H,3-6,11-13H2,1-2H3. The van der Waals surface area contributed by atoms with E-state index in [1.165, 1.54) is 36.8 Å². The zero-order valence-electron chi connectivity index (χ0n) is 11.8. The highest BCUT2D eigenvalue weighted by molar-refractivity contribution is 5.22. The summed E-state index contributed by atoms with van der Waals surface area (Å²) in [5.41, 5.74) is 2.82. The molecule has 0 aromatic heterocycles. The van der Waals surface area contributed by atoms with Crippen LogP contribution in [0.2, 0.25) is 0 Å². The van der Waals surface area contributed by atoms with Crippen LogP contribution in [0.25, 0.3) is 0 Å². The highest BCUT2D eigenvalue weighted by Crippen LogP contribution is 2.24. The van der Waals surface area contributed by atoms with Crippen LogP contribution in [0.3, 0.4) is 0 Å². The molecule has 0 amide bonds. The molecule has 0 atom stereocenters. The van der Waals surface area contributed by atoms with Gasteiger partial charge in [0.15, 0.2) is 0 Å². The van der Waals surface area contributed by atoms with Gasteiger partial charge in [0.2, 0.25) is 0 Å². The van der Waals surface area contributed by atoms with Crippen molar-refractivity contribution in [2.75, 3.05) is 13.6 Å². The predicted molar refractivity (Wildman–Crippen MR) is 77.5 cm³/mol. The zero-order chi connectivity index (χ0) is 12.8. The Labute approximate surface area is 111 Å². The van der Waals surface area contributed by atoms with Crippen LogP contribution in [0.1, 0.15) is 43.7 Å². The Morgan fingerprint density at radius 2 is 1.83 bits per heavy atom. The molecule has 2 heteroatoms. The number of rotatable bonds is 7. The summed E-state index contributed by atoms with van der Waals surface area (Å²) in [5.74, 6) is 0. The number of nitrogens with zero attached hydrogens (tertiary/aromatic N) is 1. The molecule has 0 aliphatic heterocycles. The van der Waals surface area contributed by atoms with E-state index in [0.717, 1.165) is 25.7 Å². The molecule has 1 aromatic carbocycles. The third-order valence-corrected chi connectivity index (χ3v) is 3.91. The lowest BCUT2D eigenvalue weighted by Gasteiger charge is -2.34. The molecule has 0 radical (unpaired) electrons. The highest BCUT2D eigenvalue weighted by Gasteiger charge is 2.21. The molecular formula is C16H26N2. The fourth-order valence-corrected chi connectivity index (χ4v) is 2.42. The normalized spacial score (nSPS) is 15.9. The summed E-state index contributed by atoms with van der Waals surface area (Å²) in [4.78, 5) is 2.49. The summed E-state index contributed by atoms with van der Waals surface area (Å²) in [6.07, 6.45) is 5.38. The van der Waals surface area contributed by atoms with Crippen molar-refractivity contribution >= 4 is 0 Å². The van der Waals surface area contributed by atoms with Gasteiger partial charge in [-0.15, -0.1) is 0 Å². The lowest BCUT2D eigenvalue weighted by atomic mass is 9.91. The first-order chi connectivity index (χ1) is 8.79. The molecule has 1 aliphatic rings. The summed E-state index contributed by atoms with van der Waals surface area (Å²) in [5, 5.41) is 3.44. The van der Waals surface area contributed by atoms with Crippen LogP contribution in [0, 0.1) is 0 Å². The molecule has 1 aromatic rings. The molecule has 2 rings (SSSR count). The molecule has 1 N–H and O–H groups in total. The lowest BCUT2D eigenvalue weighted by Crippen LogP contribution is -2.36. The highest BCUT2D eigenvalue weighted by atomic mass is 15.1. The molecule has 1 saturated carbocycles. The van der Waals surface area contributed by atoms with Gasteiger partial charge in [-0.3, -0.25) is 4.90 Å². The van der Waals surface area contributed by atoms with Gasteiger partial charge in [0.25, 0.3) is 0 Å². The Balaban J connectivity index is 1.79. The van der Waals surface area contributed by atoms with E-state index < -0.39 is 0 Å². The Bertz CT molecular complexity index is 341. The quantitative estimate of drug-likeness (QED) is 0.743. The maximum Gasteiger partial charge on any atom is 0.0233 e. The smallest absolute Gasteiger partial charge is 0.0233 e. The number of nitrogens with one attached hydrogen (secondary N) is 1. The average Bonchev–Trinajstić information content (AvgIpc) is 2.29. The monoisotopic (exact) mass is 246 g/mol. The average molecular weight is 246 g/mol. The maximum atomic E-state index is 3.44. The van der Waals surface area contributed by atoms with Crippen LogP contribution in [0.15, 0.2) is 24.3 Å². The molecule has 0 spiro atoms. The molecule has 18 heavy (non-hydrogen) atoms. The van der Waals surface area contributed by atoms with Crippen molar-refractivity contribution in [3.8, 4) is 0 Å². The van der Waals surface area contributed by atoms with Crippen molar-refractivity contribution in [3.05, 3.63) is 35.4 Å². The van der Waals surface area contributed by atoms with Gasteiger partial charge in [-0.2, -0.15) is 0 Å². The van der Waals surface area contributed by atoms with Crippen molar-refractivity contribution in [3.63, 3.8) is 0 Å². The van der Waals surface area contributed by atoms with Crippen molar-refractivity contribution in [2.45, 2.75) is 51.7 Å². The molecule has 0 heterocycles. The summed E-state index contributed by atoms with van der Waals surface area (Å²) < 4.78 is 0. The van der Waals surface area contributed by atoms with E-state index in [1.807, 2.05) is 0 Å². The third-order valence-electron chi connectivity index (χ3n) is 3.91. The van der Waals surface area contributed by atoms with E-state index in [4.69, 9.17) is 0 Å². The zero-order valence-corrected chi connectivity index (χ0v) is 11.8. The van der Waals surface area contributed by atoms with E-state index in [1.54, 1.807) is 0 Å². The van der Waals surface area contributed by atoms with Crippen LogP contribution in [0.4, 0.5) is 0 Å². The van der Waals surface area contributed by atoms with Gasteiger partial charge in [-0.25, -0.2) is 0 Å². The van der Waals surface area contributed by atoms with Gasteiger partial charge in [-0.05, 0) is 44.0 Å². The first kappa shape index (κ1) is 13.6. The summed E-state index contributed by atoms with van der Waals surface area (Å²) in [6, 6.07) is 9.89. The molecule has 0 unspecified atom stereocenters. The van der Waals surface area contributed by atoms with Crippen molar-refractivity contribution in [1.29, 1.82) is 0 Å². The van der Waals surface area contributed by atoms with E-state index in [2.05, 4.69) is 48.5 Å². The Morgan fingerprint density at radius 1 is 1.17 bits per heavy atom. The molecule has 0 bridgehead atoms. The lowest BCUT2D eigenvalue weighted by molar-refractivity contribution is 0.152. The minimum Gasteiger partial charge on any atom is -0.313 e. The van der Waals surface area contributed by atoms with Crippen LogP contribution >= 0.6 is 0 Å². The molecule has 2 nitrogen and oxygen atoms in total. The van der Waals surface area contributed by atoms with Gasteiger partial charge in [0.05, 0.1) is 0 Å². The van der Waals surface area contributed by atoms with E-state index in [0.29, 0.717) is 0 Å². The van der Waals surface area contributed by atoms with E-state index >= 15 is 0 Å². The Kier molecular flexibility index (Phi) is 5.21. The van der Waals surface area contributed by atoms with Crippen LogP contribution < -0.4 is 5.32 Å². The van der Waals surface area contributed by atoms with E-state index in [9.17, 15) is 0 Å². The summed E-state index contributed by atoms with van der Waals surface area (Å²) in [6.45, 7) is 5.39. The first-order valence-electron chi connectivity index (χ1n) is 7.28. The fourth-order valence-electron chi connectivity index (χ4n) is 2.42. The number of hydrogen-bond donors (Lipinski definition) is 1. The van der Waals surface area contributed by atoms with Gasteiger partial charge in [0, 0.05) is 19.1 Å². The number of hydrogen-bond acceptors (Lipinski definition) is 2. The first-order valence-corrected chi connectivity index (χ1v) is 7.28. The predicted octanol–water partition coefficient (Wildman–Crippen LogP) is 3.17. The summed E-state index contributed by atoms with van der Waals surface area (Å²) in [7, 11) is 2.25. The minimum absolute atomic E-state index is 0.830. The molecule has 100 valence electrons. The SMILES string of the molecule is CCCNCc1ccc(CN(C)C2CCC2)cc1. The number of benzene rings is 1. The van der Waals surface area contributed by atoms with Crippen LogP contribution in [0.5, 0.6) is 0 Å². The van der Waals surface area contributed by atoms with Gasteiger partial charge in [-0.1, -0.05) is 37.6 Å². The maximum absolute atomic E-state index is 3.44. The Hall–Kier alpha value is -0.860. The van der Waals surface area contributed by atoms with Gasteiger partial charge >= 0.3 is 0 Å². The van der Waals surface area contributed by atoms with Gasteiger partial charge < -0.3 is 5.32 Å². The van der Waals surface area contributed by atoms with Gasteiger partial charge in [0.1, 0.15) is 0 Å². The van der Waals surface area contributed by atoms with Crippen LogP contribution in [-0.2, 0) is 13.1 Å². The molecule has 0 saturated heterocycles. The van der Waals surface area contributed by atoms with E-state index in [-0.39, 0.29) is 0 Å². The second-order valence-corrected chi connectivity index (χ2v) is 5.49. The largest absolute Gasteiger partial charge is 0.313 e. The van der Waals surface area contributed by atoms with Crippen LogP contribution in [-0.4, -0.2) is 24.5 Å². The Morgan fingerprint density at radius 3 is 2.39 bits per heavy atom. The molecule has 1 aliphatic carbocycles. The topological polar surface area (TPSA) is 15.3 Å².